The summed E-state index contributed by atoms with van der Waals surface area (Å²) in [6.07, 6.45) is -1.17. The molecular formula is C27H36N4O7. The zero-order valence-corrected chi connectivity index (χ0v) is 22.3. The molecule has 0 saturated heterocycles. The number of nitrogens with one attached hydrogen (secondary N) is 2. The maximum absolute atomic E-state index is 13.8. The SMILES string of the molecule is CCN(C(=O)C(CCC(N)=O)NC(=O)OC(C)(C)C)C(C(=O)Nc1ccc(OC)cc1)c1ccccc1O. The van der Waals surface area contributed by atoms with Gasteiger partial charge in [0.25, 0.3) is 5.91 Å². The summed E-state index contributed by atoms with van der Waals surface area (Å²) in [6, 6.07) is 10.3. The summed E-state index contributed by atoms with van der Waals surface area (Å²) in [5, 5.41) is 15.9. The van der Waals surface area contributed by atoms with Crippen LogP contribution in [0.15, 0.2) is 48.5 Å². The zero-order valence-electron chi connectivity index (χ0n) is 22.3. The number of nitrogens with two attached hydrogens (primary N) is 1. The fraction of sp³-hybridized carbons (Fsp3) is 0.407. The summed E-state index contributed by atoms with van der Waals surface area (Å²) in [4.78, 5) is 52.6. The van der Waals surface area contributed by atoms with E-state index in [9.17, 15) is 24.3 Å². The van der Waals surface area contributed by atoms with E-state index in [-0.39, 0.29) is 30.7 Å². The van der Waals surface area contributed by atoms with Gasteiger partial charge in [0, 0.05) is 24.2 Å². The molecule has 0 aliphatic carbocycles. The average Bonchev–Trinajstić information content (AvgIpc) is 2.84. The topological polar surface area (TPSA) is 160 Å². The number of ether oxygens (including phenoxy) is 2. The number of phenols is 1. The maximum Gasteiger partial charge on any atom is 0.408 e. The minimum absolute atomic E-state index is 0.0386. The van der Waals surface area contributed by atoms with Crippen LogP contribution in [-0.4, -0.2) is 59.1 Å². The van der Waals surface area contributed by atoms with Crippen LogP contribution in [0, 0.1) is 0 Å². The molecule has 11 nitrogen and oxygen atoms in total. The van der Waals surface area contributed by atoms with Crippen molar-refractivity contribution in [1.29, 1.82) is 0 Å². The standard InChI is InChI=1S/C27H36N4O7/c1-6-31(25(35)20(15-16-22(28)33)30-26(36)38-27(2,3)4)23(19-9-7-8-10-21(19)32)24(34)29-17-11-13-18(37-5)14-12-17/h7-14,20,23,32H,6,15-16H2,1-5H3,(H2,28,33)(H,29,34)(H,30,36). The first-order chi connectivity index (χ1) is 17.9. The molecule has 0 aliphatic heterocycles. The van der Waals surface area contributed by atoms with Gasteiger partial charge in [-0.05, 0) is 64.4 Å². The Balaban J connectivity index is 2.45. The van der Waals surface area contributed by atoms with Gasteiger partial charge in [0.15, 0.2) is 0 Å². The van der Waals surface area contributed by atoms with Crippen LogP contribution in [0.4, 0.5) is 10.5 Å². The predicted octanol–water partition coefficient (Wildman–Crippen LogP) is 3.09. The van der Waals surface area contributed by atoms with Gasteiger partial charge >= 0.3 is 6.09 Å². The molecule has 0 aliphatic rings. The van der Waals surface area contributed by atoms with E-state index in [0.29, 0.717) is 11.4 Å². The lowest BCUT2D eigenvalue weighted by Gasteiger charge is -2.34. The molecule has 2 unspecified atom stereocenters. The highest BCUT2D eigenvalue weighted by Gasteiger charge is 2.36. The number of phenolic OH excluding ortho intramolecular Hbond substituents is 1. The lowest BCUT2D eigenvalue weighted by atomic mass is 10.0. The molecule has 0 fully saturated rings. The fourth-order valence-electron chi connectivity index (χ4n) is 3.71. The predicted molar refractivity (Wildman–Crippen MR) is 141 cm³/mol. The summed E-state index contributed by atoms with van der Waals surface area (Å²) < 4.78 is 10.4. The van der Waals surface area contributed by atoms with E-state index < -0.39 is 41.5 Å². The summed E-state index contributed by atoms with van der Waals surface area (Å²) in [5.41, 5.74) is 5.08. The Bertz CT molecular complexity index is 1130. The van der Waals surface area contributed by atoms with Gasteiger partial charge in [-0.15, -0.1) is 0 Å². The van der Waals surface area contributed by atoms with Crippen molar-refractivity contribution in [3.8, 4) is 11.5 Å². The van der Waals surface area contributed by atoms with Crippen LogP contribution < -0.4 is 21.1 Å². The number of carbonyl (C=O) groups is 4. The summed E-state index contributed by atoms with van der Waals surface area (Å²) >= 11 is 0. The molecule has 0 radical (unpaired) electrons. The first kappa shape index (κ1) is 29.9. The van der Waals surface area contributed by atoms with Crippen LogP contribution in [0.25, 0.3) is 0 Å². The van der Waals surface area contributed by atoms with E-state index in [4.69, 9.17) is 15.2 Å². The van der Waals surface area contributed by atoms with Gasteiger partial charge < -0.3 is 35.8 Å². The molecule has 0 heterocycles. The van der Waals surface area contributed by atoms with Gasteiger partial charge in [-0.2, -0.15) is 0 Å². The first-order valence-electron chi connectivity index (χ1n) is 12.2. The number of para-hydroxylation sites is 1. The van der Waals surface area contributed by atoms with Gasteiger partial charge in [-0.1, -0.05) is 18.2 Å². The van der Waals surface area contributed by atoms with Gasteiger partial charge in [0.2, 0.25) is 11.8 Å². The Kier molecular flexibility index (Phi) is 10.5. The molecule has 5 N–H and O–H groups in total. The Morgan fingerprint density at radius 1 is 1.05 bits per heavy atom. The molecule has 0 saturated carbocycles. The van der Waals surface area contributed by atoms with Crippen molar-refractivity contribution < 1.29 is 33.8 Å². The normalized spacial score (nSPS) is 12.6. The number of anilines is 1. The minimum Gasteiger partial charge on any atom is -0.508 e. The second-order valence-electron chi connectivity index (χ2n) is 9.51. The van der Waals surface area contributed by atoms with E-state index in [0.717, 1.165) is 0 Å². The molecule has 4 amide bonds. The lowest BCUT2D eigenvalue weighted by Crippen LogP contribution is -2.52. The quantitative estimate of drug-likeness (QED) is 0.348. The molecule has 2 atom stereocenters. The molecule has 2 aromatic carbocycles. The van der Waals surface area contributed by atoms with Gasteiger partial charge in [0.1, 0.15) is 29.2 Å². The van der Waals surface area contributed by atoms with E-state index in [2.05, 4.69) is 10.6 Å². The number of nitrogens with zero attached hydrogens (tertiary/aromatic N) is 1. The summed E-state index contributed by atoms with van der Waals surface area (Å²) in [7, 11) is 1.52. The molecule has 0 bridgehead atoms. The Hall–Kier alpha value is -4.28. The number of amides is 4. The molecule has 11 heteroatoms. The maximum atomic E-state index is 13.8. The van der Waals surface area contributed by atoms with Crippen molar-refractivity contribution in [2.75, 3.05) is 19.0 Å². The van der Waals surface area contributed by atoms with Crippen LogP contribution in [0.1, 0.15) is 52.1 Å². The number of benzene rings is 2. The Morgan fingerprint density at radius 3 is 2.21 bits per heavy atom. The number of rotatable bonds is 11. The third kappa shape index (κ3) is 8.68. The molecule has 0 aromatic heterocycles. The second-order valence-corrected chi connectivity index (χ2v) is 9.51. The summed E-state index contributed by atoms with van der Waals surface area (Å²) in [5.74, 6) is -1.51. The molecule has 2 rings (SSSR count). The number of likely N-dealkylation sites (N-methyl/N-ethyl adjacent to an activating group) is 1. The Labute approximate surface area is 222 Å². The smallest absolute Gasteiger partial charge is 0.408 e. The Morgan fingerprint density at radius 2 is 1.68 bits per heavy atom. The molecule has 2 aromatic rings. The first-order valence-corrected chi connectivity index (χ1v) is 12.2. The highest BCUT2D eigenvalue weighted by molar-refractivity contribution is 5.99. The summed E-state index contributed by atoms with van der Waals surface area (Å²) in [6.45, 7) is 6.70. The lowest BCUT2D eigenvalue weighted by molar-refractivity contribution is -0.140. The van der Waals surface area contributed by atoms with E-state index in [1.165, 1.54) is 24.1 Å². The van der Waals surface area contributed by atoms with E-state index in [1.54, 1.807) is 64.1 Å². The van der Waals surface area contributed by atoms with Crippen LogP contribution in [0.2, 0.25) is 0 Å². The third-order valence-corrected chi connectivity index (χ3v) is 5.44. The van der Waals surface area contributed by atoms with Gasteiger partial charge in [-0.25, -0.2) is 4.79 Å². The van der Waals surface area contributed by atoms with Crippen molar-refractivity contribution in [1.82, 2.24) is 10.2 Å². The van der Waals surface area contributed by atoms with Crippen LogP contribution in [0.3, 0.4) is 0 Å². The fourth-order valence-corrected chi connectivity index (χ4v) is 3.71. The van der Waals surface area contributed by atoms with Gasteiger partial charge in [-0.3, -0.25) is 14.4 Å². The third-order valence-electron chi connectivity index (χ3n) is 5.44. The zero-order chi connectivity index (χ0) is 28.5. The van der Waals surface area contributed by atoms with Crippen LogP contribution in [-0.2, 0) is 19.1 Å². The largest absolute Gasteiger partial charge is 0.508 e. The van der Waals surface area contributed by atoms with E-state index >= 15 is 0 Å². The number of aromatic hydroxyl groups is 1. The number of hydrogen-bond donors (Lipinski definition) is 4. The molecular weight excluding hydrogens is 492 g/mol. The minimum atomic E-state index is -1.27. The van der Waals surface area contributed by atoms with Crippen molar-refractivity contribution >= 4 is 29.5 Å². The molecule has 38 heavy (non-hydrogen) atoms. The van der Waals surface area contributed by atoms with Gasteiger partial charge in [0.05, 0.1) is 7.11 Å². The average molecular weight is 529 g/mol. The molecule has 0 spiro atoms. The molecule has 206 valence electrons. The van der Waals surface area contributed by atoms with Crippen LogP contribution >= 0.6 is 0 Å². The van der Waals surface area contributed by atoms with E-state index in [1.807, 2.05) is 0 Å². The van der Waals surface area contributed by atoms with Crippen molar-refractivity contribution in [3.63, 3.8) is 0 Å². The number of alkyl carbamates (subject to hydrolysis) is 1. The van der Waals surface area contributed by atoms with Crippen molar-refractivity contribution in [3.05, 3.63) is 54.1 Å². The number of carbonyl (C=O) groups excluding carboxylic acids is 4. The highest BCUT2D eigenvalue weighted by atomic mass is 16.6. The monoisotopic (exact) mass is 528 g/mol. The number of primary amides is 1. The number of methoxy groups -OCH3 is 1. The number of hydrogen-bond acceptors (Lipinski definition) is 7. The van der Waals surface area contributed by atoms with Crippen LogP contribution in [0.5, 0.6) is 11.5 Å². The van der Waals surface area contributed by atoms with Crippen molar-refractivity contribution in [2.24, 2.45) is 5.73 Å². The second kappa shape index (κ2) is 13.3. The highest BCUT2D eigenvalue weighted by Crippen LogP contribution is 2.31. The van der Waals surface area contributed by atoms with Crippen molar-refractivity contribution in [2.45, 2.75) is 58.2 Å².